The van der Waals surface area contributed by atoms with Gasteiger partial charge in [0, 0.05) is 57.8 Å². The first-order valence-corrected chi connectivity index (χ1v) is 10.4. The molecule has 2 heterocycles. The summed E-state index contributed by atoms with van der Waals surface area (Å²) in [6.45, 7) is 5.85. The third-order valence-corrected chi connectivity index (χ3v) is 5.41. The highest BCUT2D eigenvalue weighted by molar-refractivity contribution is 5.94. The van der Waals surface area contributed by atoms with Crippen LogP contribution in [0.1, 0.15) is 23.2 Å². The molecule has 3 rings (SSSR count). The van der Waals surface area contributed by atoms with E-state index in [4.69, 9.17) is 4.74 Å². The molecule has 0 saturated carbocycles. The molecule has 2 aliphatic rings. The van der Waals surface area contributed by atoms with Crippen LogP contribution in [0, 0.1) is 5.82 Å². The van der Waals surface area contributed by atoms with Crippen molar-refractivity contribution in [3.63, 3.8) is 0 Å². The molecular formula is C21H29FN4O4. The molecule has 0 radical (unpaired) electrons. The van der Waals surface area contributed by atoms with Crippen molar-refractivity contribution < 1.29 is 23.5 Å². The predicted molar refractivity (Wildman–Crippen MR) is 108 cm³/mol. The van der Waals surface area contributed by atoms with Gasteiger partial charge in [0.2, 0.25) is 11.8 Å². The molecule has 2 fully saturated rings. The molecule has 0 aliphatic carbocycles. The van der Waals surface area contributed by atoms with Crippen LogP contribution in [-0.4, -0.2) is 98.0 Å². The summed E-state index contributed by atoms with van der Waals surface area (Å²) < 4.78 is 18.2. The van der Waals surface area contributed by atoms with E-state index in [0.717, 1.165) is 13.1 Å². The van der Waals surface area contributed by atoms with Crippen LogP contribution in [-0.2, 0) is 14.3 Å². The van der Waals surface area contributed by atoms with Crippen LogP contribution in [0.25, 0.3) is 0 Å². The summed E-state index contributed by atoms with van der Waals surface area (Å²) in [7, 11) is 0. The lowest BCUT2D eigenvalue weighted by Gasteiger charge is -2.36. The van der Waals surface area contributed by atoms with Crippen LogP contribution >= 0.6 is 0 Å². The van der Waals surface area contributed by atoms with Crippen LogP contribution in [0.4, 0.5) is 4.39 Å². The van der Waals surface area contributed by atoms with E-state index >= 15 is 0 Å². The summed E-state index contributed by atoms with van der Waals surface area (Å²) in [5.41, 5.74) is 0.389. The number of ether oxygens (including phenoxy) is 1. The molecule has 0 bridgehead atoms. The van der Waals surface area contributed by atoms with Crippen LogP contribution in [0.3, 0.4) is 0 Å². The molecule has 1 N–H and O–H groups in total. The van der Waals surface area contributed by atoms with Crippen molar-refractivity contribution in [2.75, 3.05) is 65.6 Å². The Bertz CT molecular complexity index is 729. The molecule has 2 aliphatic heterocycles. The molecule has 8 nitrogen and oxygen atoms in total. The average molecular weight is 420 g/mol. The van der Waals surface area contributed by atoms with E-state index in [9.17, 15) is 18.8 Å². The molecule has 0 spiro atoms. The second-order valence-corrected chi connectivity index (χ2v) is 7.52. The standard InChI is InChI=1S/C21H29FN4O4/c22-18-5-3-17(4-6-18)21(29)23-7-1-2-19(27)25-8-10-26(11-9-25)20(28)16-24-12-14-30-15-13-24/h3-6H,1-2,7-16H2,(H,23,29). The number of amides is 3. The molecule has 1 aromatic rings. The quantitative estimate of drug-likeness (QED) is 0.644. The maximum atomic E-state index is 12.9. The maximum absolute atomic E-state index is 12.9. The Hall–Kier alpha value is -2.52. The summed E-state index contributed by atoms with van der Waals surface area (Å²) in [6, 6.07) is 5.33. The Balaban J connectivity index is 1.30. The molecule has 0 unspecified atom stereocenters. The number of nitrogens with zero attached hydrogens (tertiary/aromatic N) is 3. The summed E-state index contributed by atoms with van der Waals surface area (Å²) in [4.78, 5) is 42.5. The van der Waals surface area contributed by atoms with E-state index in [2.05, 4.69) is 10.2 Å². The Labute approximate surface area is 175 Å². The van der Waals surface area contributed by atoms with Crippen LogP contribution in [0.5, 0.6) is 0 Å². The van der Waals surface area contributed by atoms with E-state index in [0.29, 0.717) is 70.9 Å². The van der Waals surface area contributed by atoms with Crippen LogP contribution < -0.4 is 5.32 Å². The first-order valence-electron chi connectivity index (χ1n) is 10.4. The summed E-state index contributed by atoms with van der Waals surface area (Å²) in [6.07, 6.45) is 0.868. The van der Waals surface area contributed by atoms with Crippen molar-refractivity contribution in [1.29, 1.82) is 0 Å². The highest BCUT2D eigenvalue weighted by Crippen LogP contribution is 2.07. The summed E-state index contributed by atoms with van der Waals surface area (Å²) in [5, 5.41) is 2.74. The molecule has 30 heavy (non-hydrogen) atoms. The minimum Gasteiger partial charge on any atom is -0.379 e. The molecule has 3 amide bonds. The Morgan fingerprint density at radius 2 is 1.50 bits per heavy atom. The fourth-order valence-electron chi connectivity index (χ4n) is 3.56. The lowest BCUT2D eigenvalue weighted by molar-refractivity contribution is -0.140. The fourth-order valence-corrected chi connectivity index (χ4v) is 3.56. The molecule has 164 valence electrons. The van der Waals surface area contributed by atoms with Crippen LogP contribution in [0.15, 0.2) is 24.3 Å². The zero-order chi connectivity index (χ0) is 21.3. The van der Waals surface area contributed by atoms with Gasteiger partial charge >= 0.3 is 0 Å². The van der Waals surface area contributed by atoms with Crippen molar-refractivity contribution in [2.24, 2.45) is 0 Å². The van der Waals surface area contributed by atoms with Crippen molar-refractivity contribution in [3.8, 4) is 0 Å². The van der Waals surface area contributed by atoms with Crippen molar-refractivity contribution in [3.05, 3.63) is 35.6 Å². The van der Waals surface area contributed by atoms with Gasteiger partial charge in [-0.3, -0.25) is 19.3 Å². The van der Waals surface area contributed by atoms with Gasteiger partial charge in [0.15, 0.2) is 0 Å². The number of benzene rings is 1. The van der Waals surface area contributed by atoms with Crippen molar-refractivity contribution in [2.45, 2.75) is 12.8 Å². The maximum Gasteiger partial charge on any atom is 0.251 e. The van der Waals surface area contributed by atoms with Gasteiger partial charge in [0.05, 0.1) is 19.8 Å². The number of hydrogen-bond donors (Lipinski definition) is 1. The van der Waals surface area contributed by atoms with E-state index < -0.39 is 0 Å². The number of halogens is 1. The Kier molecular flexibility index (Phi) is 8.15. The largest absolute Gasteiger partial charge is 0.379 e. The number of nitrogens with one attached hydrogen (secondary N) is 1. The molecule has 1 aromatic carbocycles. The first-order chi connectivity index (χ1) is 14.5. The number of piperazine rings is 1. The number of hydrogen-bond acceptors (Lipinski definition) is 5. The van der Waals surface area contributed by atoms with Crippen molar-refractivity contribution in [1.82, 2.24) is 20.0 Å². The van der Waals surface area contributed by atoms with Gasteiger partial charge in [-0.1, -0.05) is 0 Å². The Morgan fingerprint density at radius 1 is 0.900 bits per heavy atom. The van der Waals surface area contributed by atoms with Gasteiger partial charge in [-0.05, 0) is 30.7 Å². The minimum absolute atomic E-state index is 0.0336. The predicted octanol–water partition coefficient (Wildman–Crippen LogP) is 0.339. The highest BCUT2D eigenvalue weighted by atomic mass is 19.1. The second kappa shape index (κ2) is 11.0. The number of rotatable bonds is 7. The smallest absolute Gasteiger partial charge is 0.251 e. The third-order valence-electron chi connectivity index (χ3n) is 5.41. The SMILES string of the molecule is O=C(NCCCC(=O)N1CCN(C(=O)CN2CCOCC2)CC1)c1ccc(F)cc1. The second-order valence-electron chi connectivity index (χ2n) is 7.52. The zero-order valence-corrected chi connectivity index (χ0v) is 17.1. The van der Waals surface area contributed by atoms with E-state index in [1.54, 1.807) is 4.90 Å². The van der Waals surface area contributed by atoms with E-state index in [1.165, 1.54) is 24.3 Å². The topological polar surface area (TPSA) is 82.2 Å². The fraction of sp³-hybridized carbons (Fsp3) is 0.571. The number of carbonyl (C=O) groups is 3. The summed E-state index contributed by atoms with van der Waals surface area (Å²) in [5.74, 6) is -0.534. The lowest BCUT2D eigenvalue weighted by Crippen LogP contribution is -2.53. The summed E-state index contributed by atoms with van der Waals surface area (Å²) >= 11 is 0. The van der Waals surface area contributed by atoms with Gasteiger partial charge in [-0.2, -0.15) is 0 Å². The van der Waals surface area contributed by atoms with Gasteiger partial charge < -0.3 is 19.9 Å². The van der Waals surface area contributed by atoms with Crippen LogP contribution in [0.2, 0.25) is 0 Å². The van der Waals surface area contributed by atoms with E-state index in [1.807, 2.05) is 4.90 Å². The molecule has 0 aromatic heterocycles. The Morgan fingerprint density at radius 3 is 2.13 bits per heavy atom. The van der Waals surface area contributed by atoms with Gasteiger partial charge in [-0.15, -0.1) is 0 Å². The zero-order valence-electron chi connectivity index (χ0n) is 17.1. The highest BCUT2D eigenvalue weighted by Gasteiger charge is 2.25. The molecular weight excluding hydrogens is 391 g/mol. The van der Waals surface area contributed by atoms with Gasteiger partial charge in [-0.25, -0.2) is 4.39 Å². The number of carbonyl (C=O) groups excluding carboxylic acids is 3. The average Bonchev–Trinajstić information content (AvgIpc) is 2.77. The molecule has 9 heteroatoms. The first kappa shape index (κ1) is 22.2. The molecule has 2 saturated heterocycles. The third kappa shape index (κ3) is 6.50. The van der Waals surface area contributed by atoms with Crippen molar-refractivity contribution >= 4 is 17.7 Å². The monoisotopic (exact) mass is 420 g/mol. The van der Waals surface area contributed by atoms with E-state index in [-0.39, 0.29) is 23.5 Å². The van der Waals surface area contributed by atoms with Gasteiger partial charge in [0.25, 0.3) is 5.91 Å². The normalized spacial score (nSPS) is 17.6. The minimum atomic E-state index is -0.389. The van der Waals surface area contributed by atoms with Gasteiger partial charge in [0.1, 0.15) is 5.82 Å². The molecule has 0 atom stereocenters. The number of morpholine rings is 1. The lowest BCUT2D eigenvalue weighted by atomic mass is 10.2.